The van der Waals surface area contributed by atoms with Crippen LogP contribution >= 0.6 is 0 Å². The normalized spacial score (nSPS) is 11.6. The van der Waals surface area contributed by atoms with Crippen molar-refractivity contribution >= 4 is 5.97 Å². The minimum Gasteiger partial charge on any atom is -0.481 e. The second-order valence-corrected chi connectivity index (χ2v) is 7.23. The van der Waals surface area contributed by atoms with Gasteiger partial charge in [-0.25, -0.2) is 0 Å². The molecule has 3 heteroatoms. The Balaban J connectivity index is 2.16. The van der Waals surface area contributed by atoms with Crippen LogP contribution in [0, 0.1) is 0 Å². The van der Waals surface area contributed by atoms with Crippen molar-refractivity contribution in [3.8, 4) is 0 Å². The molecule has 0 bridgehead atoms. The van der Waals surface area contributed by atoms with Gasteiger partial charge in [-0.2, -0.15) is 0 Å². The molecule has 1 aromatic rings. The highest BCUT2D eigenvalue weighted by Crippen LogP contribution is 2.18. The van der Waals surface area contributed by atoms with Crippen molar-refractivity contribution in [2.24, 2.45) is 0 Å². The fourth-order valence-electron chi connectivity index (χ4n) is 3.02. The quantitative estimate of drug-likeness (QED) is 0.278. The third-order valence-electron chi connectivity index (χ3n) is 4.77. The lowest BCUT2D eigenvalue weighted by atomic mass is 10.0. The molecule has 0 aliphatic rings. The summed E-state index contributed by atoms with van der Waals surface area (Å²) in [5.41, 5.74) is 5.01. The van der Waals surface area contributed by atoms with E-state index in [2.05, 4.69) is 18.7 Å². The van der Waals surface area contributed by atoms with Crippen molar-refractivity contribution in [1.29, 1.82) is 0 Å². The minimum absolute atomic E-state index is 0.133. The molecule has 1 aromatic carbocycles. The zero-order valence-corrected chi connectivity index (χ0v) is 16.8. The largest absolute Gasteiger partial charge is 0.481 e. The lowest BCUT2D eigenvalue weighted by molar-refractivity contribution is -0.136. The molecule has 1 atom stereocenters. The highest BCUT2D eigenvalue weighted by Gasteiger charge is 2.06. The zero-order valence-electron chi connectivity index (χ0n) is 16.8. The van der Waals surface area contributed by atoms with Crippen LogP contribution in [-0.4, -0.2) is 16.2 Å². The Bertz CT molecular complexity index is 568. The highest BCUT2D eigenvalue weighted by molar-refractivity contribution is 5.67. The molecule has 0 saturated heterocycles. The van der Waals surface area contributed by atoms with Crippen molar-refractivity contribution in [3.05, 3.63) is 53.3 Å². The number of hydrogen-bond donors (Lipinski definition) is 2. The van der Waals surface area contributed by atoms with Crippen LogP contribution in [0.3, 0.4) is 0 Å². The summed E-state index contributed by atoms with van der Waals surface area (Å²) in [6.45, 7) is 2.25. The second kappa shape index (κ2) is 15.2. The van der Waals surface area contributed by atoms with Gasteiger partial charge in [0.25, 0.3) is 0 Å². The summed E-state index contributed by atoms with van der Waals surface area (Å²) in [5, 5.41) is 18.9. The van der Waals surface area contributed by atoms with Crippen molar-refractivity contribution < 1.29 is 15.0 Å². The van der Waals surface area contributed by atoms with Crippen LogP contribution in [0.15, 0.2) is 42.1 Å². The Morgan fingerprint density at radius 2 is 1.63 bits per heavy atom. The highest BCUT2D eigenvalue weighted by atomic mass is 16.4. The molecule has 0 aromatic heterocycles. The van der Waals surface area contributed by atoms with Gasteiger partial charge >= 0.3 is 5.97 Å². The van der Waals surface area contributed by atoms with Gasteiger partial charge < -0.3 is 10.2 Å². The van der Waals surface area contributed by atoms with E-state index in [-0.39, 0.29) is 6.42 Å². The molecule has 3 nitrogen and oxygen atoms in total. The predicted molar refractivity (Wildman–Crippen MR) is 112 cm³/mol. The number of benzene rings is 1. The van der Waals surface area contributed by atoms with Gasteiger partial charge in [0.2, 0.25) is 0 Å². The summed E-state index contributed by atoms with van der Waals surface area (Å²) in [4.78, 5) is 10.6. The fourth-order valence-corrected chi connectivity index (χ4v) is 3.02. The van der Waals surface area contributed by atoms with Crippen molar-refractivity contribution in [2.75, 3.05) is 0 Å². The smallest absolute Gasteiger partial charge is 0.303 e. The third-order valence-corrected chi connectivity index (χ3v) is 4.77. The molecule has 0 saturated carbocycles. The van der Waals surface area contributed by atoms with Gasteiger partial charge in [0.05, 0.1) is 6.10 Å². The topological polar surface area (TPSA) is 57.5 Å². The number of aliphatic hydroxyl groups excluding tert-OH is 1. The molecular formula is C24H36O3. The molecule has 27 heavy (non-hydrogen) atoms. The maximum atomic E-state index is 10.6. The Morgan fingerprint density at radius 3 is 2.26 bits per heavy atom. The van der Waals surface area contributed by atoms with Crippen molar-refractivity contribution in [3.63, 3.8) is 0 Å². The van der Waals surface area contributed by atoms with Crippen LogP contribution < -0.4 is 0 Å². The number of hydrogen-bond acceptors (Lipinski definition) is 2. The Labute approximate surface area is 164 Å². The maximum absolute atomic E-state index is 10.6. The van der Waals surface area contributed by atoms with E-state index in [9.17, 15) is 9.90 Å². The number of aliphatic carboxylic acids is 1. The van der Waals surface area contributed by atoms with E-state index in [1.54, 1.807) is 0 Å². The summed E-state index contributed by atoms with van der Waals surface area (Å²) in [6.07, 6.45) is 16.3. The average Bonchev–Trinajstić information content (AvgIpc) is 2.67. The molecule has 0 aliphatic carbocycles. The summed E-state index contributed by atoms with van der Waals surface area (Å²) in [7, 11) is 0. The molecule has 150 valence electrons. The number of carbonyl (C=O) groups is 1. The third kappa shape index (κ3) is 12.2. The van der Waals surface area contributed by atoms with E-state index in [1.807, 2.05) is 30.3 Å². The molecule has 0 radical (unpaired) electrons. The van der Waals surface area contributed by atoms with Gasteiger partial charge in [-0.1, -0.05) is 76.1 Å². The first-order valence-corrected chi connectivity index (χ1v) is 10.5. The summed E-state index contributed by atoms with van der Waals surface area (Å²) in [5.74, 6) is -0.789. The molecule has 0 amide bonds. The molecule has 1 unspecified atom stereocenters. The van der Waals surface area contributed by atoms with E-state index < -0.39 is 12.1 Å². The van der Waals surface area contributed by atoms with Gasteiger partial charge in [0, 0.05) is 12.8 Å². The number of rotatable bonds is 15. The van der Waals surface area contributed by atoms with Gasteiger partial charge in [-0.15, -0.1) is 5.73 Å². The molecule has 2 N–H and O–H groups in total. The van der Waals surface area contributed by atoms with Gasteiger partial charge in [-0.05, 0) is 42.5 Å². The number of aryl methyl sites for hydroxylation is 1. The minimum atomic E-state index is -0.789. The van der Waals surface area contributed by atoms with Gasteiger partial charge in [-0.3, -0.25) is 4.79 Å². The van der Waals surface area contributed by atoms with E-state index in [1.165, 1.54) is 51.4 Å². The molecular weight excluding hydrogens is 336 g/mol. The molecule has 0 aliphatic heterocycles. The number of carboxylic acids is 1. The number of carboxylic acid groups (broad SMARTS) is 1. The first-order valence-electron chi connectivity index (χ1n) is 10.5. The van der Waals surface area contributed by atoms with Crippen molar-refractivity contribution in [1.82, 2.24) is 0 Å². The molecule has 0 spiro atoms. The maximum Gasteiger partial charge on any atom is 0.303 e. The monoisotopic (exact) mass is 372 g/mol. The Hall–Kier alpha value is -1.83. The summed E-state index contributed by atoms with van der Waals surface area (Å²) < 4.78 is 0. The number of unbranched alkanes of at least 4 members (excludes halogenated alkanes) is 8. The lowest BCUT2D eigenvalue weighted by Gasteiger charge is -2.08. The predicted octanol–water partition coefficient (Wildman–Crippen LogP) is 6.37. The van der Waals surface area contributed by atoms with Gasteiger partial charge in [0.1, 0.15) is 0 Å². The molecule has 0 heterocycles. The van der Waals surface area contributed by atoms with Crippen LogP contribution in [0.4, 0.5) is 0 Å². The first kappa shape index (κ1) is 23.2. The molecule has 1 rings (SSSR count). The van der Waals surface area contributed by atoms with E-state index in [0.717, 1.165) is 17.5 Å². The average molecular weight is 373 g/mol. The van der Waals surface area contributed by atoms with Crippen molar-refractivity contribution in [2.45, 2.75) is 90.1 Å². The van der Waals surface area contributed by atoms with Crippen LogP contribution in [0.2, 0.25) is 0 Å². The van der Waals surface area contributed by atoms with Crippen LogP contribution in [0.5, 0.6) is 0 Å². The number of aliphatic hydroxyl groups is 1. The lowest BCUT2D eigenvalue weighted by Crippen LogP contribution is -1.99. The SMILES string of the molecule is CCCCCCCCCCC=C=CCC(O)c1ccc(CCC(=O)O)cc1. The van der Waals surface area contributed by atoms with Crippen LogP contribution in [0.1, 0.15) is 94.8 Å². The molecule has 0 fully saturated rings. The van der Waals surface area contributed by atoms with Crippen LogP contribution in [-0.2, 0) is 11.2 Å². The summed E-state index contributed by atoms with van der Waals surface area (Å²) >= 11 is 0. The zero-order chi connectivity index (χ0) is 19.7. The first-order chi connectivity index (χ1) is 13.1. The fraction of sp³-hybridized carbons (Fsp3) is 0.583. The summed E-state index contributed by atoms with van der Waals surface area (Å²) in [6, 6.07) is 7.53. The standard InChI is InChI=1S/C24H36O3/c1-2-3-4-5-6-7-8-9-10-11-12-13-14-23(25)22-18-15-21(16-19-22)17-20-24(26)27/h11,13,15-16,18-19,23,25H,2-10,14,17,20H2,1H3,(H,26,27). The van der Waals surface area contributed by atoms with E-state index in [0.29, 0.717) is 12.8 Å². The Kier molecular flexibility index (Phi) is 13.1. The Morgan fingerprint density at radius 1 is 1.00 bits per heavy atom. The van der Waals surface area contributed by atoms with Gasteiger partial charge in [0.15, 0.2) is 0 Å². The van der Waals surface area contributed by atoms with Crippen LogP contribution in [0.25, 0.3) is 0 Å². The second-order valence-electron chi connectivity index (χ2n) is 7.23. The van der Waals surface area contributed by atoms with E-state index in [4.69, 9.17) is 5.11 Å². The van der Waals surface area contributed by atoms with E-state index >= 15 is 0 Å².